The molecule has 15 heavy (non-hydrogen) atoms. The van der Waals surface area contributed by atoms with Gasteiger partial charge in [0.15, 0.2) is 0 Å². The van der Waals surface area contributed by atoms with Crippen LogP contribution in [-0.2, 0) is 4.79 Å². The summed E-state index contributed by atoms with van der Waals surface area (Å²) in [6.07, 6.45) is 1.07. The largest absolute Gasteiger partial charge is 0.489 e. The van der Waals surface area contributed by atoms with Gasteiger partial charge in [0.25, 0.3) is 0 Å². The van der Waals surface area contributed by atoms with Crippen LogP contribution >= 0.6 is 0 Å². The number of hydrogen-bond donors (Lipinski definition) is 1. The molecule has 0 saturated heterocycles. The number of carboxylic acid groups (broad SMARTS) is 1. The molecule has 1 rings (SSSR count). The van der Waals surface area contributed by atoms with Crippen molar-refractivity contribution in [2.24, 2.45) is 0 Å². The molecule has 1 aromatic carbocycles. The molecule has 0 spiro atoms. The Kier molecular flexibility index (Phi) is 3.85. The van der Waals surface area contributed by atoms with Crippen LogP contribution in [0.25, 0.3) is 0 Å². The predicted molar refractivity (Wildman–Crippen MR) is 53.3 cm³/mol. The number of aliphatic carboxylic acids is 1. The van der Waals surface area contributed by atoms with E-state index < -0.39 is 5.97 Å². The van der Waals surface area contributed by atoms with Gasteiger partial charge >= 0.3 is 5.97 Å². The van der Waals surface area contributed by atoms with Gasteiger partial charge < -0.3 is 9.84 Å². The van der Waals surface area contributed by atoms with Crippen LogP contribution in [0.1, 0.15) is 6.92 Å². The van der Waals surface area contributed by atoms with Crippen molar-refractivity contribution in [3.63, 3.8) is 0 Å². The maximum atomic E-state index is 12.5. The van der Waals surface area contributed by atoms with Crippen molar-refractivity contribution in [2.75, 3.05) is 6.61 Å². The van der Waals surface area contributed by atoms with Crippen LogP contribution in [0.5, 0.6) is 5.75 Å². The summed E-state index contributed by atoms with van der Waals surface area (Å²) in [6.45, 7) is 1.83. The van der Waals surface area contributed by atoms with Crippen LogP contribution in [0.4, 0.5) is 4.39 Å². The molecule has 0 aliphatic rings. The lowest BCUT2D eigenvalue weighted by Crippen LogP contribution is -2.01. The van der Waals surface area contributed by atoms with E-state index in [-0.39, 0.29) is 12.4 Å². The first kappa shape index (κ1) is 11.2. The van der Waals surface area contributed by atoms with Crippen LogP contribution in [-0.4, -0.2) is 17.7 Å². The highest BCUT2D eigenvalue weighted by Gasteiger charge is 1.97. The van der Waals surface area contributed by atoms with Gasteiger partial charge in [-0.2, -0.15) is 0 Å². The van der Waals surface area contributed by atoms with Crippen LogP contribution in [0.15, 0.2) is 35.9 Å². The van der Waals surface area contributed by atoms with E-state index in [2.05, 4.69) is 0 Å². The van der Waals surface area contributed by atoms with Gasteiger partial charge in [0.05, 0.1) is 0 Å². The van der Waals surface area contributed by atoms with Crippen molar-refractivity contribution in [2.45, 2.75) is 6.92 Å². The zero-order valence-electron chi connectivity index (χ0n) is 8.24. The van der Waals surface area contributed by atoms with E-state index in [1.807, 2.05) is 0 Å². The maximum absolute atomic E-state index is 12.5. The van der Waals surface area contributed by atoms with E-state index in [9.17, 15) is 9.18 Å². The highest BCUT2D eigenvalue weighted by Crippen LogP contribution is 2.11. The summed E-state index contributed by atoms with van der Waals surface area (Å²) in [4.78, 5) is 10.3. The Morgan fingerprint density at radius 3 is 2.60 bits per heavy atom. The minimum Gasteiger partial charge on any atom is -0.489 e. The second kappa shape index (κ2) is 5.14. The number of ether oxygens (including phenoxy) is 1. The van der Waals surface area contributed by atoms with Crippen LogP contribution in [0.2, 0.25) is 0 Å². The lowest BCUT2D eigenvalue weighted by molar-refractivity contribution is -0.131. The van der Waals surface area contributed by atoms with Crippen molar-refractivity contribution in [1.82, 2.24) is 0 Å². The average Bonchev–Trinajstić information content (AvgIpc) is 2.16. The molecule has 0 bridgehead atoms. The fourth-order valence-corrected chi connectivity index (χ4v) is 0.980. The Balaban J connectivity index is 2.50. The molecule has 4 heteroatoms. The fourth-order valence-electron chi connectivity index (χ4n) is 0.980. The Morgan fingerprint density at radius 2 is 2.07 bits per heavy atom. The minimum atomic E-state index is -1.00. The summed E-state index contributed by atoms with van der Waals surface area (Å²) >= 11 is 0. The van der Waals surface area contributed by atoms with Crippen LogP contribution in [0.3, 0.4) is 0 Å². The Bertz CT molecular complexity index is 368. The second-order valence-corrected chi connectivity index (χ2v) is 3.07. The van der Waals surface area contributed by atoms with Crippen molar-refractivity contribution >= 4 is 5.97 Å². The zero-order chi connectivity index (χ0) is 11.3. The summed E-state index contributed by atoms with van der Waals surface area (Å²) in [5.74, 6) is -0.829. The molecule has 0 aliphatic carbocycles. The molecule has 0 aliphatic heterocycles. The Hall–Kier alpha value is -1.84. The van der Waals surface area contributed by atoms with Gasteiger partial charge in [0.2, 0.25) is 0 Å². The van der Waals surface area contributed by atoms with Gasteiger partial charge in [-0.15, -0.1) is 0 Å². The van der Waals surface area contributed by atoms with Gasteiger partial charge in [-0.25, -0.2) is 9.18 Å². The normalized spacial score (nSPS) is 11.2. The molecule has 80 valence electrons. The first-order valence-electron chi connectivity index (χ1n) is 4.36. The third kappa shape index (κ3) is 4.26. The number of hydrogen-bond acceptors (Lipinski definition) is 2. The zero-order valence-corrected chi connectivity index (χ0v) is 8.24. The minimum absolute atomic E-state index is 0.179. The topological polar surface area (TPSA) is 46.5 Å². The van der Waals surface area contributed by atoms with Gasteiger partial charge in [0, 0.05) is 6.08 Å². The molecular weight excluding hydrogens is 199 g/mol. The molecule has 0 heterocycles. The van der Waals surface area contributed by atoms with E-state index in [1.54, 1.807) is 6.92 Å². The van der Waals surface area contributed by atoms with Crippen molar-refractivity contribution in [1.29, 1.82) is 0 Å². The monoisotopic (exact) mass is 210 g/mol. The summed E-state index contributed by atoms with van der Waals surface area (Å²) in [6, 6.07) is 5.55. The quantitative estimate of drug-likeness (QED) is 0.775. The van der Waals surface area contributed by atoms with Gasteiger partial charge in [-0.05, 0) is 36.8 Å². The molecule has 0 amide bonds. The lowest BCUT2D eigenvalue weighted by Gasteiger charge is -2.05. The molecule has 0 saturated carbocycles. The van der Waals surface area contributed by atoms with Gasteiger partial charge in [-0.3, -0.25) is 0 Å². The highest BCUT2D eigenvalue weighted by atomic mass is 19.1. The molecule has 1 aromatic rings. The summed E-state index contributed by atoms with van der Waals surface area (Å²) in [7, 11) is 0. The van der Waals surface area contributed by atoms with E-state index in [0.717, 1.165) is 6.08 Å². The van der Waals surface area contributed by atoms with E-state index in [1.165, 1.54) is 24.3 Å². The Labute approximate surface area is 86.8 Å². The summed E-state index contributed by atoms with van der Waals surface area (Å²) in [5.41, 5.74) is 0.590. The number of benzene rings is 1. The predicted octanol–water partition coefficient (Wildman–Crippen LogP) is 2.24. The first-order valence-corrected chi connectivity index (χ1v) is 4.36. The molecule has 0 fully saturated rings. The number of carboxylic acids is 1. The number of carbonyl (C=O) groups is 1. The molecule has 0 aromatic heterocycles. The maximum Gasteiger partial charge on any atom is 0.328 e. The summed E-state index contributed by atoms with van der Waals surface area (Å²) in [5, 5.41) is 8.44. The SMILES string of the molecule is CC(=CC(=O)O)COc1ccc(F)cc1. The standard InChI is InChI=1S/C11H11FO3/c1-8(6-11(13)14)7-15-10-4-2-9(12)3-5-10/h2-6H,7H2,1H3,(H,13,14). The average molecular weight is 210 g/mol. The van der Waals surface area contributed by atoms with Crippen molar-refractivity contribution in [3.8, 4) is 5.75 Å². The van der Waals surface area contributed by atoms with Crippen LogP contribution in [0, 0.1) is 5.82 Å². The lowest BCUT2D eigenvalue weighted by atomic mass is 10.3. The van der Waals surface area contributed by atoms with Crippen molar-refractivity contribution < 1.29 is 19.0 Å². The van der Waals surface area contributed by atoms with Crippen LogP contribution < -0.4 is 4.74 Å². The fraction of sp³-hybridized carbons (Fsp3) is 0.182. The molecule has 3 nitrogen and oxygen atoms in total. The van der Waals surface area contributed by atoms with E-state index in [0.29, 0.717) is 11.3 Å². The van der Waals surface area contributed by atoms with Gasteiger partial charge in [0.1, 0.15) is 18.2 Å². The summed E-state index contributed by atoms with van der Waals surface area (Å²) < 4.78 is 17.7. The van der Waals surface area contributed by atoms with Crippen molar-refractivity contribution in [3.05, 3.63) is 41.7 Å². The molecule has 0 unspecified atom stereocenters. The molecule has 1 N–H and O–H groups in total. The smallest absolute Gasteiger partial charge is 0.328 e. The Morgan fingerprint density at radius 1 is 1.47 bits per heavy atom. The van der Waals surface area contributed by atoms with E-state index >= 15 is 0 Å². The third-order valence-corrected chi connectivity index (χ3v) is 1.65. The number of halogens is 1. The first-order chi connectivity index (χ1) is 7.08. The molecule has 0 atom stereocenters. The van der Waals surface area contributed by atoms with E-state index in [4.69, 9.17) is 9.84 Å². The number of rotatable bonds is 4. The molecule has 0 radical (unpaired) electrons. The highest BCUT2D eigenvalue weighted by molar-refractivity contribution is 5.80. The van der Waals surface area contributed by atoms with Gasteiger partial charge in [-0.1, -0.05) is 0 Å². The molecular formula is C11H11FO3. The third-order valence-electron chi connectivity index (χ3n) is 1.65. The second-order valence-electron chi connectivity index (χ2n) is 3.07.